The predicted octanol–water partition coefficient (Wildman–Crippen LogP) is 2.83. The molecule has 1 aliphatic heterocycles. The molecule has 58 heavy (non-hydrogen) atoms. The summed E-state index contributed by atoms with van der Waals surface area (Å²) in [4.78, 5) is 72.5. The Morgan fingerprint density at radius 1 is 0.879 bits per heavy atom. The molecular formula is C40H60F2N6O10. The third kappa shape index (κ3) is 12.3. The van der Waals surface area contributed by atoms with Crippen molar-refractivity contribution in [1.29, 1.82) is 0 Å². The van der Waals surface area contributed by atoms with Crippen molar-refractivity contribution in [2.45, 2.75) is 77.5 Å². The van der Waals surface area contributed by atoms with Gasteiger partial charge in [-0.25, -0.2) is 13.6 Å². The van der Waals surface area contributed by atoms with Gasteiger partial charge in [-0.1, -0.05) is 19.3 Å². The van der Waals surface area contributed by atoms with Crippen LogP contribution in [0.5, 0.6) is 0 Å². The summed E-state index contributed by atoms with van der Waals surface area (Å²) in [5.41, 5.74) is -0.786. The highest BCUT2D eigenvalue weighted by atomic mass is 19.2. The fourth-order valence-electron chi connectivity index (χ4n) is 7.11. The van der Waals surface area contributed by atoms with Gasteiger partial charge in [0, 0.05) is 58.3 Å². The molecule has 1 saturated carbocycles. The van der Waals surface area contributed by atoms with Gasteiger partial charge >= 0.3 is 6.09 Å². The molecule has 2 heterocycles. The second kappa shape index (κ2) is 21.6. The van der Waals surface area contributed by atoms with Gasteiger partial charge in [-0.2, -0.15) is 0 Å². The normalized spacial score (nSPS) is 16.2. The molecule has 1 aromatic carbocycles. The lowest BCUT2D eigenvalue weighted by molar-refractivity contribution is -0.140. The number of aliphatic hydroxyl groups excluding tert-OH is 1. The van der Waals surface area contributed by atoms with E-state index in [2.05, 4.69) is 10.6 Å². The molecule has 18 heteroatoms. The summed E-state index contributed by atoms with van der Waals surface area (Å²) in [6, 6.07) is 0.0883. The second-order valence-corrected chi connectivity index (χ2v) is 15.7. The lowest BCUT2D eigenvalue weighted by Crippen LogP contribution is -2.60. The lowest BCUT2D eigenvalue weighted by Gasteiger charge is -2.39. The maximum absolute atomic E-state index is 14.6. The Bertz CT molecular complexity index is 1740. The van der Waals surface area contributed by atoms with Crippen molar-refractivity contribution in [1.82, 2.24) is 29.9 Å². The first-order valence-corrected chi connectivity index (χ1v) is 20.0. The third-order valence-corrected chi connectivity index (χ3v) is 10.4. The molecule has 324 valence electrons. The van der Waals surface area contributed by atoms with E-state index in [1.54, 1.807) is 32.6 Å². The number of ether oxygens (including phenoxy) is 4. The van der Waals surface area contributed by atoms with Crippen LogP contribution >= 0.6 is 0 Å². The van der Waals surface area contributed by atoms with Crippen LogP contribution in [0.25, 0.3) is 10.9 Å². The van der Waals surface area contributed by atoms with Crippen LogP contribution < -0.4 is 10.6 Å². The molecule has 2 fully saturated rings. The molecule has 0 spiro atoms. The van der Waals surface area contributed by atoms with Crippen LogP contribution in [0.2, 0.25) is 0 Å². The van der Waals surface area contributed by atoms with E-state index in [0.29, 0.717) is 13.2 Å². The molecule has 4 rings (SSSR count). The lowest BCUT2D eigenvalue weighted by atomic mass is 9.83. The molecule has 0 bridgehead atoms. The van der Waals surface area contributed by atoms with Crippen LogP contribution in [0.4, 0.5) is 13.6 Å². The average Bonchev–Trinajstić information content (AvgIpc) is 3.47. The van der Waals surface area contributed by atoms with Gasteiger partial charge in [0.05, 0.1) is 57.3 Å². The highest BCUT2D eigenvalue weighted by Crippen LogP contribution is 2.30. The molecule has 3 N–H and O–H groups in total. The van der Waals surface area contributed by atoms with E-state index in [-0.39, 0.29) is 99.7 Å². The summed E-state index contributed by atoms with van der Waals surface area (Å²) in [6.45, 7) is 8.76. The minimum absolute atomic E-state index is 0.0572. The number of aliphatic hydroxyl groups is 1. The number of likely N-dealkylation sites (N-methyl/N-ethyl adjacent to an activating group) is 1. The van der Waals surface area contributed by atoms with Crippen molar-refractivity contribution >= 4 is 40.6 Å². The Kier molecular flexibility index (Phi) is 17.2. The first kappa shape index (κ1) is 46.3. The van der Waals surface area contributed by atoms with Gasteiger partial charge in [-0.3, -0.25) is 24.1 Å². The number of piperazine rings is 1. The number of nitrogens with one attached hydrogen (secondary N) is 2. The molecule has 2 atom stereocenters. The quantitative estimate of drug-likeness (QED) is 0.189. The van der Waals surface area contributed by atoms with Gasteiger partial charge in [-0.15, -0.1) is 0 Å². The summed E-state index contributed by atoms with van der Waals surface area (Å²) in [5, 5.41) is 14.4. The van der Waals surface area contributed by atoms with Crippen LogP contribution in [-0.2, 0) is 35.6 Å². The standard InChI is InChI=1S/C40H60F2N6O10/c1-26(45(5)39(54)58-40(2,3)4)35(50)44-33(27-10-8-7-9-11-27)37(52)47-13-15-48(16-14-47)38(53)34-32(28-24-29(41)30(42)25-31(28)46(34)6)36(51)43-12-18-55-20-22-57-23-21-56-19-17-49/h24-27,33,49H,7-23H2,1-6H3,(H,43,51)(H,44,50)/t26-,33-/m0/s1. The zero-order valence-electron chi connectivity index (χ0n) is 34.6. The van der Waals surface area contributed by atoms with Gasteiger partial charge in [-0.05, 0) is 52.5 Å². The number of amides is 5. The van der Waals surface area contributed by atoms with E-state index in [1.807, 2.05) is 0 Å². The molecule has 0 radical (unpaired) electrons. The summed E-state index contributed by atoms with van der Waals surface area (Å²) < 4.78 is 51.8. The van der Waals surface area contributed by atoms with Gasteiger partial charge < -0.3 is 49.1 Å². The molecule has 5 amide bonds. The molecule has 16 nitrogen and oxygen atoms in total. The first-order chi connectivity index (χ1) is 27.5. The van der Waals surface area contributed by atoms with Crippen molar-refractivity contribution in [2.75, 3.05) is 86.0 Å². The largest absolute Gasteiger partial charge is 0.444 e. The Labute approximate surface area is 338 Å². The van der Waals surface area contributed by atoms with Crippen LogP contribution in [0.1, 0.15) is 80.6 Å². The Morgan fingerprint density at radius 2 is 1.45 bits per heavy atom. The third-order valence-electron chi connectivity index (χ3n) is 10.4. The number of aryl methyl sites for hydroxylation is 1. The van der Waals surface area contributed by atoms with Gasteiger partial charge in [0.1, 0.15) is 23.4 Å². The molecule has 1 aliphatic carbocycles. The summed E-state index contributed by atoms with van der Waals surface area (Å²) in [5.74, 6) is -4.41. The summed E-state index contributed by atoms with van der Waals surface area (Å²) in [7, 11) is 2.97. The molecule has 0 unspecified atom stereocenters. The van der Waals surface area contributed by atoms with Crippen molar-refractivity contribution in [3.05, 3.63) is 35.0 Å². The van der Waals surface area contributed by atoms with Crippen molar-refractivity contribution in [2.24, 2.45) is 13.0 Å². The number of hydrogen-bond acceptors (Lipinski definition) is 10. The van der Waals surface area contributed by atoms with Crippen molar-refractivity contribution < 1.29 is 56.8 Å². The van der Waals surface area contributed by atoms with E-state index in [4.69, 9.17) is 24.1 Å². The molecular weight excluding hydrogens is 762 g/mol. The number of fused-ring (bicyclic) bond motifs is 1. The van der Waals surface area contributed by atoms with Crippen molar-refractivity contribution in [3.63, 3.8) is 0 Å². The number of hydrogen-bond donors (Lipinski definition) is 3. The highest BCUT2D eigenvalue weighted by Gasteiger charge is 2.38. The Morgan fingerprint density at radius 3 is 2.05 bits per heavy atom. The van der Waals surface area contributed by atoms with Crippen molar-refractivity contribution in [3.8, 4) is 0 Å². The van der Waals surface area contributed by atoms with E-state index >= 15 is 0 Å². The van der Waals surface area contributed by atoms with Gasteiger partial charge in [0.15, 0.2) is 11.6 Å². The van der Waals surface area contributed by atoms with E-state index in [9.17, 15) is 32.8 Å². The second-order valence-electron chi connectivity index (χ2n) is 15.7. The Hall–Kier alpha value is -4.39. The molecule has 1 saturated heterocycles. The molecule has 2 aromatic rings. The van der Waals surface area contributed by atoms with Crippen LogP contribution in [0.3, 0.4) is 0 Å². The van der Waals surface area contributed by atoms with Gasteiger partial charge in [0.2, 0.25) is 11.8 Å². The van der Waals surface area contributed by atoms with E-state index in [0.717, 1.165) is 44.2 Å². The average molecular weight is 823 g/mol. The number of benzene rings is 1. The fourth-order valence-corrected chi connectivity index (χ4v) is 7.11. The number of aromatic nitrogens is 1. The minimum Gasteiger partial charge on any atom is -0.444 e. The maximum atomic E-state index is 14.6. The van der Waals surface area contributed by atoms with Crippen LogP contribution in [-0.4, -0.2) is 158 Å². The molecule has 1 aromatic heterocycles. The number of carbonyl (C=O) groups is 5. The molecule has 2 aliphatic rings. The zero-order valence-corrected chi connectivity index (χ0v) is 34.6. The summed E-state index contributed by atoms with van der Waals surface area (Å²) in [6.07, 6.45) is 3.71. The SMILES string of the molecule is C[C@@H](C(=O)N[C@H](C(=O)N1CCN(C(=O)c2c(C(=O)NCCOCCOCCOCCO)c3cc(F)c(F)cc3n2C)CC1)C1CCCCC1)N(C)C(=O)OC(C)(C)C. The minimum atomic E-state index is -1.17. The predicted molar refractivity (Wildman–Crippen MR) is 209 cm³/mol. The zero-order chi connectivity index (χ0) is 42.6. The van der Waals surface area contributed by atoms with E-state index < -0.39 is 53.1 Å². The van der Waals surface area contributed by atoms with E-state index in [1.165, 1.54) is 28.5 Å². The maximum Gasteiger partial charge on any atom is 0.410 e. The van der Waals surface area contributed by atoms with Crippen LogP contribution in [0, 0.1) is 17.6 Å². The first-order valence-electron chi connectivity index (χ1n) is 20.0. The number of carbonyl (C=O) groups excluding carboxylic acids is 5. The topological polar surface area (TPSA) is 181 Å². The smallest absolute Gasteiger partial charge is 0.410 e. The fraction of sp³-hybridized carbons (Fsp3) is 0.675. The highest BCUT2D eigenvalue weighted by molar-refractivity contribution is 6.16. The van der Waals surface area contributed by atoms with Crippen LogP contribution in [0.15, 0.2) is 12.1 Å². The number of nitrogens with zero attached hydrogens (tertiary/aromatic N) is 4. The summed E-state index contributed by atoms with van der Waals surface area (Å²) >= 11 is 0. The van der Waals surface area contributed by atoms with Gasteiger partial charge in [0.25, 0.3) is 11.8 Å². The Balaban J connectivity index is 1.43. The number of rotatable bonds is 18. The number of halogens is 2. The monoisotopic (exact) mass is 822 g/mol.